The van der Waals surface area contributed by atoms with Crippen LogP contribution in [0.4, 0.5) is 18.0 Å². The quantitative estimate of drug-likeness (QED) is 0.243. The molecule has 12 heteroatoms. The van der Waals surface area contributed by atoms with Crippen molar-refractivity contribution >= 4 is 40.4 Å². The molecule has 42 heavy (non-hydrogen) atoms. The minimum Gasteiger partial charge on any atom is -0.444 e. The highest BCUT2D eigenvalue weighted by molar-refractivity contribution is 6.30. The third kappa shape index (κ3) is 6.29. The normalized spacial score (nSPS) is 15.2. The Balaban J connectivity index is 1.39. The second-order valence-corrected chi connectivity index (χ2v) is 11.6. The SMILES string of the molecule is CC(C)(C)OC(=O)N1CCC(n2cc(-c3cnc4[nH]cc(/C=C(\C#N)c5cc(Cl)ccc5C(F)(F)F)c4c3)cn2)CC1. The van der Waals surface area contributed by atoms with Crippen LogP contribution in [0, 0.1) is 11.3 Å². The highest BCUT2D eigenvalue weighted by Gasteiger charge is 2.34. The van der Waals surface area contributed by atoms with Gasteiger partial charge in [-0.3, -0.25) is 4.68 Å². The van der Waals surface area contributed by atoms with E-state index in [1.807, 2.05) is 43.8 Å². The van der Waals surface area contributed by atoms with Gasteiger partial charge in [0.1, 0.15) is 11.2 Å². The number of alkyl halides is 3. The zero-order chi connectivity index (χ0) is 30.2. The first-order chi connectivity index (χ1) is 19.8. The Morgan fingerprint density at radius 3 is 2.57 bits per heavy atom. The molecule has 1 N–H and O–H groups in total. The van der Waals surface area contributed by atoms with Crippen molar-refractivity contribution in [3.63, 3.8) is 0 Å². The number of H-pyrrole nitrogens is 1. The minimum absolute atomic E-state index is 0.0922. The molecule has 0 spiro atoms. The number of likely N-dealkylation sites (tertiary alicyclic amines) is 1. The van der Waals surface area contributed by atoms with Gasteiger partial charge >= 0.3 is 12.3 Å². The number of amides is 1. The van der Waals surface area contributed by atoms with Crippen molar-refractivity contribution in [2.75, 3.05) is 13.1 Å². The Bertz CT molecular complexity index is 1700. The van der Waals surface area contributed by atoms with Crippen molar-refractivity contribution in [2.45, 2.75) is 51.4 Å². The van der Waals surface area contributed by atoms with Crippen LogP contribution in [-0.4, -0.2) is 49.4 Å². The average Bonchev–Trinajstić information content (AvgIpc) is 3.57. The summed E-state index contributed by atoms with van der Waals surface area (Å²) in [5, 5.41) is 15.1. The molecule has 0 atom stereocenters. The van der Waals surface area contributed by atoms with Gasteiger partial charge in [-0.05, 0) is 64.0 Å². The number of pyridine rings is 1. The van der Waals surface area contributed by atoms with Crippen molar-refractivity contribution in [3.8, 4) is 17.2 Å². The van der Waals surface area contributed by atoms with Crippen LogP contribution in [-0.2, 0) is 10.9 Å². The number of nitrogens with one attached hydrogen (secondary N) is 1. The lowest BCUT2D eigenvalue weighted by Gasteiger charge is -2.33. The average molecular weight is 597 g/mol. The van der Waals surface area contributed by atoms with Gasteiger partial charge in [-0.25, -0.2) is 9.78 Å². The van der Waals surface area contributed by atoms with Crippen molar-refractivity contribution in [3.05, 3.63) is 70.8 Å². The van der Waals surface area contributed by atoms with E-state index < -0.39 is 17.3 Å². The molecule has 1 saturated heterocycles. The summed E-state index contributed by atoms with van der Waals surface area (Å²) in [4.78, 5) is 21.6. The van der Waals surface area contributed by atoms with Crippen LogP contribution in [0.1, 0.15) is 56.3 Å². The van der Waals surface area contributed by atoms with Gasteiger partial charge in [-0.2, -0.15) is 23.5 Å². The Hall–Kier alpha value is -4.30. The molecule has 1 aliphatic heterocycles. The number of aromatic nitrogens is 4. The molecule has 0 unspecified atom stereocenters. The van der Waals surface area contributed by atoms with Crippen LogP contribution in [0.25, 0.3) is 33.8 Å². The number of carbonyl (C=O) groups excluding carboxylic acids is 1. The van der Waals surface area contributed by atoms with E-state index in [1.54, 1.807) is 23.5 Å². The van der Waals surface area contributed by atoms with E-state index in [-0.39, 0.29) is 28.3 Å². The van der Waals surface area contributed by atoms with Crippen LogP contribution < -0.4 is 0 Å². The fourth-order valence-corrected chi connectivity index (χ4v) is 5.11. The summed E-state index contributed by atoms with van der Waals surface area (Å²) in [6, 6.07) is 7.02. The van der Waals surface area contributed by atoms with E-state index >= 15 is 0 Å². The predicted molar refractivity (Wildman–Crippen MR) is 153 cm³/mol. The molecule has 3 aromatic heterocycles. The summed E-state index contributed by atoms with van der Waals surface area (Å²) < 4.78 is 48.4. The maximum absolute atomic E-state index is 13.7. The van der Waals surface area contributed by atoms with Crippen LogP contribution in [0.15, 0.2) is 49.1 Å². The second kappa shape index (κ2) is 11.2. The zero-order valence-corrected chi connectivity index (χ0v) is 23.9. The van der Waals surface area contributed by atoms with E-state index in [4.69, 9.17) is 16.3 Å². The van der Waals surface area contributed by atoms with Crippen LogP contribution in [0.5, 0.6) is 0 Å². The van der Waals surface area contributed by atoms with Gasteiger partial charge in [0.2, 0.25) is 0 Å². The number of halogens is 4. The Labute approximate surface area is 245 Å². The smallest absolute Gasteiger partial charge is 0.417 e. The molecule has 0 bridgehead atoms. The molecule has 0 aliphatic carbocycles. The molecule has 0 radical (unpaired) electrons. The Morgan fingerprint density at radius 2 is 1.90 bits per heavy atom. The molecule has 5 rings (SSSR count). The Morgan fingerprint density at radius 1 is 1.17 bits per heavy atom. The van der Waals surface area contributed by atoms with Gasteiger partial charge < -0.3 is 14.6 Å². The van der Waals surface area contributed by atoms with E-state index in [1.165, 1.54) is 6.08 Å². The number of nitriles is 1. The minimum atomic E-state index is -4.66. The summed E-state index contributed by atoms with van der Waals surface area (Å²) in [6.45, 7) is 6.64. The van der Waals surface area contributed by atoms with E-state index in [2.05, 4.69) is 15.1 Å². The molecule has 8 nitrogen and oxygen atoms in total. The lowest BCUT2D eigenvalue weighted by atomic mass is 9.98. The fourth-order valence-electron chi connectivity index (χ4n) is 4.94. The number of ether oxygens (including phenoxy) is 1. The molecule has 218 valence electrons. The molecule has 1 amide bonds. The van der Waals surface area contributed by atoms with Gasteiger partial charge in [-0.1, -0.05) is 11.6 Å². The molecule has 4 aromatic rings. The number of hydrogen-bond acceptors (Lipinski definition) is 5. The maximum Gasteiger partial charge on any atom is 0.417 e. The van der Waals surface area contributed by atoms with E-state index in [9.17, 15) is 23.2 Å². The first kappa shape index (κ1) is 29.2. The number of fused-ring (bicyclic) bond motifs is 1. The number of nitrogens with zero attached hydrogens (tertiary/aromatic N) is 5. The zero-order valence-electron chi connectivity index (χ0n) is 23.2. The molecular weight excluding hydrogens is 569 g/mol. The summed E-state index contributed by atoms with van der Waals surface area (Å²) in [7, 11) is 0. The largest absolute Gasteiger partial charge is 0.444 e. The number of rotatable bonds is 4. The van der Waals surface area contributed by atoms with Gasteiger partial charge in [0.25, 0.3) is 0 Å². The highest BCUT2D eigenvalue weighted by Crippen LogP contribution is 2.37. The molecule has 1 aromatic carbocycles. The third-order valence-electron chi connectivity index (χ3n) is 6.99. The fraction of sp³-hybridized carbons (Fsp3) is 0.333. The van der Waals surface area contributed by atoms with Crippen LogP contribution >= 0.6 is 11.6 Å². The Kier molecular flexibility index (Phi) is 7.77. The summed E-state index contributed by atoms with van der Waals surface area (Å²) in [5.74, 6) is 0. The van der Waals surface area contributed by atoms with E-state index in [0.717, 1.165) is 42.2 Å². The summed E-state index contributed by atoms with van der Waals surface area (Å²) in [6.07, 6.45) is 4.80. The lowest BCUT2D eigenvalue weighted by molar-refractivity contribution is -0.137. The number of benzene rings is 1. The standard InChI is InChI=1S/C30H28ClF3N6O2/c1-29(2,3)42-28(41)39-8-6-23(7-9-39)40-17-21(16-38-40)19-11-25-20(15-37-27(25)36-14-19)10-18(13-35)24-12-22(31)4-5-26(24)30(32,33)34/h4-5,10-12,14-17,23H,6-9H2,1-3H3,(H,36,37)/b18-10+. The summed E-state index contributed by atoms with van der Waals surface area (Å²) >= 11 is 5.98. The monoisotopic (exact) mass is 596 g/mol. The first-order valence-corrected chi connectivity index (χ1v) is 13.7. The first-order valence-electron chi connectivity index (χ1n) is 13.3. The van der Waals surface area contributed by atoms with Crippen molar-refractivity contribution in [2.24, 2.45) is 0 Å². The molecule has 1 aliphatic rings. The van der Waals surface area contributed by atoms with Crippen LogP contribution in [0.2, 0.25) is 5.02 Å². The van der Waals surface area contributed by atoms with Gasteiger partial charge in [0, 0.05) is 64.3 Å². The number of carbonyl (C=O) groups is 1. The number of aromatic amines is 1. The van der Waals surface area contributed by atoms with E-state index in [0.29, 0.717) is 29.7 Å². The molecule has 1 fully saturated rings. The van der Waals surface area contributed by atoms with Crippen molar-refractivity contribution < 1.29 is 22.7 Å². The molecule has 4 heterocycles. The third-order valence-corrected chi connectivity index (χ3v) is 7.22. The van der Waals surface area contributed by atoms with Crippen molar-refractivity contribution in [1.29, 1.82) is 5.26 Å². The van der Waals surface area contributed by atoms with Gasteiger partial charge in [0.05, 0.1) is 29.4 Å². The maximum atomic E-state index is 13.7. The molecular formula is C30H28ClF3N6O2. The van der Waals surface area contributed by atoms with Crippen LogP contribution in [0.3, 0.4) is 0 Å². The summed E-state index contributed by atoms with van der Waals surface area (Å²) in [5.41, 5.74) is 0.625. The topological polar surface area (TPSA) is 99.8 Å². The number of allylic oxidation sites excluding steroid dienone is 1. The predicted octanol–water partition coefficient (Wildman–Crippen LogP) is 7.73. The van der Waals surface area contributed by atoms with Crippen molar-refractivity contribution in [1.82, 2.24) is 24.6 Å². The molecule has 0 saturated carbocycles. The lowest BCUT2D eigenvalue weighted by Crippen LogP contribution is -2.42. The highest BCUT2D eigenvalue weighted by atomic mass is 35.5. The number of hydrogen-bond donors (Lipinski definition) is 1. The number of piperidine rings is 1. The van der Waals surface area contributed by atoms with Gasteiger partial charge in [0.15, 0.2) is 0 Å². The van der Waals surface area contributed by atoms with Gasteiger partial charge in [-0.15, -0.1) is 0 Å². The second-order valence-electron chi connectivity index (χ2n) is 11.1.